The monoisotopic (exact) mass is 201 g/mol. The molecule has 1 rings (SSSR count). The molecule has 1 aliphatic heterocycles. The molecule has 1 aliphatic rings. The van der Waals surface area contributed by atoms with E-state index in [4.69, 9.17) is 0 Å². The minimum atomic E-state index is -4.50. The first-order valence-corrected chi connectivity index (χ1v) is 4.06. The van der Waals surface area contributed by atoms with E-state index in [1.165, 1.54) is 0 Å². The first-order chi connectivity index (χ1) is 5.47. The average molecular weight is 201 g/mol. The Hall–Kier alpha value is 0.0600. The van der Waals surface area contributed by atoms with Gasteiger partial charge in [0, 0.05) is 13.1 Å². The minimum absolute atomic E-state index is 0.392. The van der Waals surface area contributed by atoms with E-state index >= 15 is 0 Å². The van der Waals surface area contributed by atoms with Gasteiger partial charge in [-0.1, -0.05) is 12.8 Å². The molecule has 0 N–H and O–H groups in total. The fourth-order valence-electron chi connectivity index (χ4n) is 1.15. The molecule has 2 nitrogen and oxygen atoms in total. The van der Waals surface area contributed by atoms with E-state index in [9.17, 15) is 13.2 Å². The SMILES string of the molecule is FC(F)(F)OC1CCN(S)CC1. The highest BCUT2D eigenvalue weighted by Crippen LogP contribution is 2.24. The van der Waals surface area contributed by atoms with Crippen molar-refractivity contribution < 1.29 is 17.9 Å². The molecular weight excluding hydrogens is 191 g/mol. The van der Waals surface area contributed by atoms with Crippen LogP contribution < -0.4 is 0 Å². The molecule has 0 aromatic heterocycles. The van der Waals surface area contributed by atoms with Crippen molar-refractivity contribution in [2.45, 2.75) is 25.3 Å². The summed E-state index contributed by atoms with van der Waals surface area (Å²) in [7, 11) is 0. The van der Waals surface area contributed by atoms with E-state index in [-0.39, 0.29) is 0 Å². The zero-order valence-electron chi connectivity index (χ0n) is 6.34. The highest BCUT2D eigenvalue weighted by atomic mass is 32.1. The molecule has 0 saturated carbocycles. The summed E-state index contributed by atoms with van der Waals surface area (Å²) in [5.41, 5.74) is 0. The standard InChI is InChI=1S/C6H10F3NOS/c7-6(8,9)11-5-1-3-10(12)4-2-5/h5,12H,1-4H2. The quantitative estimate of drug-likeness (QED) is 0.650. The lowest BCUT2D eigenvalue weighted by molar-refractivity contribution is -0.345. The van der Waals surface area contributed by atoms with E-state index in [2.05, 4.69) is 17.6 Å². The largest absolute Gasteiger partial charge is 0.522 e. The van der Waals surface area contributed by atoms with Crippen LogP contribution in [0.5, 0.6) is 0 Å². The summed E-state index contributed by atoms with van der Waals surface area (Å²) in [6, 6.07) is 0. The van der Waals surface area contributed by atoms with Gasteiger partial charge in [0.2, 0.25) is 0 Å². The summed E-state index contributed by atoms with van der Waals surface area (Å²) in [6.07, 6.45) is -4.40. The zero-order valence-corrected chi connectivity index (χ0v) is 7.24. The van der Waals surface area contributed by atoms with Crippen LogP contribution >= 0.6 is 12.8 Å². The number of hydrogen-bond donors (Lipinski definition) is 1. The van der Waals surface area contributed by atoms with Crippen LogP contribution in [0.25, 0.3) is 0 Å². The molecular formula is C6H10F3NOS. The van der Waals surface area contributed by atoms with Crippen LogP contribution in [0.2, 0.25) is 0 Å². The number of rotatable bonds is 1. The maximum Gasteiger partial charge on any atom is 0.522 e. The normalized spacial score (nSPS) is 23.0. The van der Waals surface area contributed by atoms with Crippen molar-refractivity contribution in [2.24, 2.45) is 0 Å². The Morgan fingerprint density at radius 1 is 1.25 bits per heavy atom. The smallest absolute Gasteiger partial charge is 0.288 e. The summed E-state index contributed by atoms with van der Waals surface area (Å²) < 4.78 is 40.6. The van der Waals surface area contributed by atoms with E-state index in [1.807, 2.05) is 0 Å². The van der Waals surface area contributed by atoms with Crippen LogP contribution in [-0.4, -0.2) is 29.9 Å². The van der Waals surface area contributed by atoms with E-state index in [0.29, 0.717) is 25.9 Å². The van der Waals surface area contributed by atoms with Gasteiger partial charge in [0.25, 0.3) is 0 Å². The number of alkyl halides is 3. The lowest BCUT2D eigenvalue weighted by atomic mass is 10.1. The molecule has 0 unspecified atom stereocenters. The summed E-state index contributed by atoms with van der Waals surface area (Å²) in [4.78, 5) is 0. The van der Waals surface area contributed by atoms with E-state index in [0.717, 1.165) is 0 Å². The highest BCUT2D eigenvalue weighted by molar-refractivity contribution is 7.77. The molecule has 1 saturated heterocycles. The minimum Gasteiger partial charge on any atom is -0.288 e. The average Bonchev–Trinajstić information content (AvgIpc) is 1.91. The maximum absolute atomic E-state index is 11.7. The van der Waals surface area contributed by atoms with Gasteiger partial charge in [0.05, 0.1) is 6.10 Å². The second-order valence-electron chi connectivity index (χ2n) is 2.72. The first kappa shape index (κ1) is 10.1. The summed E-state index contributed by atoms with van der Waals surface area (Å²) in [5, 5.41) is 0. The van der Waals surface area contributed by atoms with Gasteiger partial charge < -0.3 is 0 Å². The number of piperidine rings is 1. The van der Waals surface area contributed by atoms with Crippen LogP contribution in [0.3, 0.4) is 0 Å². The maximum atomic E-state index is 11.7. The third kappa shape index (κ3) is 3.64. The van der Waals surface area contributed by atoms with Gasteiger partial charge in [-0.25, -0.2) is 0 Å². The molecule has 1 fully saturated rings. The fraction of sp³-hybridized carbons (Fsp3) is 1.00. The first-order valence-electron chi connectivity index (χ1n) is 3.66. The van der Waals surface area contributed by atoms with Crippen molar-refractivity contribution in [3.63, 3.8) is 0 Å². The Labute approximate surface area is 74.2 Å². The Morgan fingerprint density at radius 2 is 1.75 bits per heavy atom. The molecule has 0 aromatic rings. The van der Waals surface area contributed by atoms with E-state index < -0.39 is 12.5 Å². The molecule has 0 amide bonds. The summed E-state index contributed by atoms with van der Waals surface area (Å²) in [6.45, 7) is 1.09. The lowest BCUT2D eigenvalue weighted by Gasteiger charge is -2.28. The number of nitrogens with zero attached hydrogens (tertiary/aromatic N) is 1. The predicted molar refractivity (Wildman–Crippen MR) is 40.7 cm³/mol. The van der Waals surface area contributed by atoms with Crippen molar-refractivity contribution in [1.29, 1.82) is 0 Å². The molecule has 0 aromatic carbocycles. The van der Waals surface area contributed by atoms with Crippen LogP contribution in [0, 0.1) is 0 Å². The zero-order chi connectivity index (χ0) is 9.19. The highest BCUT2D eigenvalue weighted by Gasteiger charge is 2.34. The number of halogens is 3. The Kier molecular flexibility index (Phi) is 3.25. The van der Waals surface area contributed by atoms with Crippen molar-refractivity contribution >= 4 is 12.8 Å². The molecule has 0 spiro atoms. The summed E-state index contributed by atoms with van der Waals surface area (Å²) in [5.74, 6) is 0. The second kappa shape index (κ2) is 3.85. The molecule has 72 valence electrons. The molecule has 0 radical (unpaired) electrons. The second-order valence-corrected chi connectivity index (χ2v) is 3.28. The van der Waals surface area contributed by atoms with Gasteiger partial charge in [-0.15, -0.1) is 13.2 Å². The fourth-order valence-corrected chi connectivity index (χ4v) is 1.38. The number of thiol groups is 1. The molecule has 0 bridgehead atoms. The van der Waals surface area contributed by atoms with Crippen molar-refractivity contribution in [3.8, 4) is 0 Å². The Bertz CT molecular complexity index is 144. The van der Waals surface area contributed by atoms with Crippen LogP contribution in [-0.2, 0) is 4.74 Å². The van der Waals surface area contributed by atoms with Gasteiger partial charge in [0.15, 0.2) is 0 Å². The predicted octanol–water partition coefficient (Wildman–Crippen LogP) is 1.83. The van der Waals surface area contributed by atoms with Crippen molar-refractivity contribution in [3.05, 3.63) is 0 Å². The molecule has 0 atom stereocenters. The third-order valence-corrected chi connectivity index (χ3v) is 2.12. The Balaban J connectivity index is 2.26. The molecule has 1 heterocycles. The van der Waals surface area contributed by atoms with Gasteiger partial charge in [0.1, 0.15) is 0 Å². The third-order valence-electron chi connectivity index (χ3n) is 1.72. The van der Waals surface area contributed by atoms with E-state index in [1.54, 1.807) is 4.31 Å². The van der Waals surface area contributed by atoms with Crippen molar-refractivity contribution in [1.82, 2.24) is 4.31 Å². The van der Waals surface area contributed by atoms with Crippen LogP contribution in [0.15, 0.2) is 0 Å². The number of ether oxygens (including phenoxy) is 1. The van der Waals surface area contributed by atoms with Gasteiger partial charge in [-0.3, -0.25) is 9.04 Å². The molecule has 6 heteroatoms. The summed E-state index contributed by atoms with van der Waals surface area (Å²) >= 11 is 4.01. The lowest BCUT2D eigenvalue weighted by Crippen LogP contribution is -2.34. The van der Waals surface area contributed by atoms with Gasteiger partial charge >= 0.3 is 6.36 Å². The van der Waals surface area contributed by atoms with Gasteiger partial charge in [-0.2, -0.15) is 0 Å². The van der Waals surface area contributed by atoms with Crippen LogP contribution in [0.1, 0.15) is 12.8 Å². The molecule has 12 heavy (non-hydrogen) atoms. The van der Waals surface area contributed by atoms with Crippen LogP contribution in [0.4, 0.5) is 13.2 Å². The molecule has 0 aliphatic carbocycles. The number of hydrogen-bond acceptors (Lipinski definition) is 3. The van der Waals surface area contributed by atoms with Gasteiger partial charge in [-0.05, 0) is 12.8 Å². The Morgan fingerprint density at radius 3 is 2.17 bits per heavy atom. The van der Waals surface area contributed by atoms with Crippen molar-refractivity contribution in [2.75, 3.05) is 13.1 Å². The topological polar surface area (TPSA) is 12.5 Å².